The fraction of sp³-hybridized carbons (Fsp3) is 0.182. The Bertz CT molecular complexity index is 1250. The molecule has 0 atom stereocenters. The fourth-order valence-electron chi connectivity index (χ4n) is 3.58. The number of aromatic nitrogens is 2. The van der Waals surface area contributed by atoms with Gasteiger partial charge in [-0.2, -0.15) is 0 Å². The molecular weight excluding hydrogens is 398 g/mol. The van der Waals surface area contributed by atoms with Crippen LogP contribution in [-0.2, 0) is 11.3 Å². The summed E-state index contributed by atoms with van der Waals surface area (Å²) in [4.78, 5) is 35.8. The maximum absolute atomic E-state index is 12.5. The first-order valence-electron chi connectivity index (χ1n) is 9.72. The van der Waals surface area contributed by atoms with Crippen LogP contribution in [0.25, 0.3) is 16.6 Å². The molecule has 1 aromatic heterocycles. The van der Waals surface area contributed by atoms with Crippen LogP contribution in [0, 0.1) is 0 Å². The van der Waals surface area contributed by atoms with Crippen LogP contribution in [-0.4, -0.2) is 38.6 Å². The monoisotopic (exact) mass is 417 g/mol. The van der Waals surface area contributed by atoms with Crippen molar-refractivity contribution >= 4 is 45.1 Å². The van der Waals surface area contributed by atoms with Crippen LogP contribution in [0.1, 0.15) is 12.0 Å². The number of carbonyl (C=O) groups excluding carboxylic acids is 1. The van der Waals surface area contributed by atoms with Crippen LogP contribution in [0.15, 0.2) is 70.1 Å². The Labute approximate surface area is 177 Å². The van der Waals surface area contributed by atoms with Gasteiger partial charge in [-0.15, -0.1) is 0 Å². The molecule has 0 saturated carbocycles. The van der Waals surface area contributed by atoms with E-state index in [4.69, 9.17) is 0 Å². The van der Waals surface area contributed by atoms with E-state index in [0.717, 1.165) is 35.2 Å². The molecule has 0 saturated heterocycles. The van der Waals surface area contributed by atoms with Gasteiger partial charge in [-0.3, -0.25) is 19.1 Å². The van der Waals surface area contributed by atoms with Crippen molar-refractivity contribution < 1.29 is 4.79 Å². The van der Waals surface area contributed by atoms with E-state index < -0.39 is 0 Å². The summed E-state index contributed by atoms with van der Waals surface area (Å²) in [5.74, 6) is -0.146. The van der Waals surface area contributed by atoms with E-state index in [0.29, 0.717) is 10.9 Å². The quantitative estimate of drug-likeness (QED) is 0.690. The topological polar surface area (TPSA) is 79.6 Å². The number of rotatable bonds is 5. The molecule has 8 heteroatoms. The molecule has 0 spiro atoms. The van der Waals surface area contributed by atoms with E-state index >= 15 is 0 Å². The van der Waals surface area contributed by atoms with Gasteiger partial charge in [0.15, 0.2) is 5.17 Å². The molecule has 2 aliphatic heterocycles. The Kier molecular flexibility index (Phi) is 4.84. The van der Waals surface area contributed by atoms with Crippen molar-refractivity contribution in [3.63, 3.8) is 0 Å². The summed E-state index contributed by atoms with van der Waals surface area (Å²) in [5.41, 5.74) is 3.50. The zero-order chi connectivity index (χ0) is 20.5. The third kappa shape index (κ3) is 3.50. The molecule has 5 rings (SSSR count). The molecule has 150 valence electrons. The van der Waals surface area contributed by atoms with Gasteiger partial charge >= 0.3 is 0 Å². The third-order valence-electron chi connectivity index (χ3n) is 5.14. The highest BCUT2D eigenvalue weighted by atomic mass is 32.2. The summed E-state index contributed by atoms with van der Waals surface area (Å²) < 4.78 is 1.48. The first-order chi connectivity index (χ1) is 14.7. The lowest BCUT2D eigenvalue weighted by Crippen LogP contribution is -2.23. The molecule has 2 aliphatic rings. The minimum Gasteiger partial charge on any atom is -0.326 e. The molecule has 3 heterocycles. The number of amidine groups is 1. The molecule has 0 fully saturated rings. The lowest BCUT2D eigenvalue weighted by molar-refractivity contribution is -0.116. The number of hydrogen-bond donors (Lipinski definition) is 1. The van der Waals surface area contributed by atoms with Gasteiger partial charge in [-0.25, -0.2) is 4.98 Å². The maximum atomic E-state index is 12.5. The van der Waals surface area contributed by atoms with Gasteiger partial charge in [0.05, 0.1) is 29.5 Å². The zero-order valence-electron chi connectivity index (χ0n) is 16.1. The largest absolute Gasteiger partial charge is 0.326 e. The molecule has 0 bridgehead atoms. The molecule has 2 aromatic carbocycles. The van der Waals surface area contributed by atoms with Crippen LogP contribution in [0.4, 0.5) is 5.69 Å². The summed E-state index contributed by atoms with van der Waals surface area (Å²) >= 11 is 1.65. The first kappa shape index (κ1) is 18.6. The molecule has 0 aliphatic carbocycles. The standard InChI is InChI=1S/C22H19N5O2S/c28-20(9-11-26-14-24-18-4-2-1-3-17(18)21(26)29)25-16-7-5-15(6-8-16)19-13-30-22-23-10-12-27(19)22/h1-8,13-14H,9-12H2,(H,25,28). The highest BCUT2D eigenvalue weighted by Gasteiger charge is 2.26. The number of amides is 1. The summed E-state index contributed by atoms with van der Waals surface area (Å²) in [7, 11) is 0. The van der Waals surface area contributed by atoms with Crippen LogP contribution >= 0.6 is 11.8 Å². The highest BCUT2D eigenvalue weighted by Crippen LogP contribution is 2.35. The van der Waals surface area contributed by atoms with E-state index in [1.165, 1.54) is 10.9 Å². The Morgan fingerprint density at radius 2 is 1.97 bits per heavy atom. The zero-order valence-corrected chi connectivity index (χ0v) is 16.9. The molecular formula is C22H19N5O2S. The van der Waals surface area contributed by atoms with Crippen molar-refractivity contribution in [2.45, 2.75) is 13.0 Å². The molecule has 0 radical (unpaired) electrons. The summed E-state index contributed by atoms with van der Waals surface area (Å²) in [6.45, 7) is 2.03. The second kappa shape index (κ2) is 7.79. The average molecular weight is 417 g/mol. The van der Waals surface area contributed by atoms with Gasteiger partial charge < -0.3 is 10.2 Å². The maximum Gasteiger partial charge on any atom is 0.261 e. The van der Waals surface area contributed by atoms with Crippen LogP contribution in [0.2, 0.25) is 0 Å². The number of fused-ring (bicyclic) bond motifs is 2. The number of para-hydroxylation sites is 1. The molecule has 7 nitrogen and oxygen atoms in total. The Morgan fingerprint density at radius 3 is 2.83 bits per heavy atom. The van der Waals surface area contributed by atoms with Gasteiger partial charge in [0, 0.05) is 30.6 Å². The number of benzene rings is 2. The summed E-state index contributed by atoms with van der Waals surface area (Å²) in [5, 5.41) is 6.62. The van der Waals surface area contributed by atoms with E-state index in [2.05, 4.69) is 25.6 Å². The predicted molar refractivity (Wildman–Crippen MR) is 120 cm³/mol. The number of aliphatic imine (C=N–C) groups is 1. The average Bonchev–Trinajstić information content (AvgIpc) is 3.38. The van der Waals surface area contributed by atoms with E-state index in [-0.39, 0.29) is 24.4 Å². The summed E-state index contributed by atoms with van der Waals surface area (Å²) in [6.07, 6.45) is 1.69. The minimum absolute atomic E-state index is 0.134. The predicted octanol–water partition coefficient (Wildman–Crippen LogP) is 3.14. The Balaban J connectivity index is 1.22. The van der Waals surface area contributed by atoms with E-state index in [9.17, 15) is 9.59 Å². The van der Waals surface area contributed by atoms with E-state index in [1.807, 2.05) is 36.4 Å². The smallest absolute Gasteiger partial charge is 0.261 e. The van der Waals surface area contributed by atoms with Gasteiger partial charge in [0.25, 0.3) is 5.56 Å². The second-order valence-electron chi connectivity index (χ2n) is 7.07. The lowest BCUT2D eigenvalue weighted by Gasteiger charge is -2.17. The van der Waals surface area contributed by atoms with Crippen molar-refractivity contribution in [1.29, 1.82) is 0 Å². The van der Waals surface area contributed by atoms with Crippen molar-refractivity contribution in [3.8, 4) is 0 Å². The van der Waals surface area contributed by atoms with Gasteiger partial charge in [-0.05, 0) is 29.8 Å². The fourth-order valence-corrected chi connectivity index (χ4v) is 4.55. The van der Waals surface area contributed by atoms with E-state index in [1.54, 1.807) is 23.9 Å². The molecule has 3 aromatic rings. The molecule has 30 heavy (non-hydrogen) atoms. The van der Waals surface area contributed by atoms with Gasteiger partial charge in [-0.1, -0.05) is 36.0 Å². The minimum atomic E-state index is -0.146. The number of aryl methyl sites for hydroxylation is 1. The first-order valence-corrected chi connectivity index (χ1v) is 10.6. The highest BCUT2D eigenvalue weighted by molar-refractivity contribution is 8.16. The van der Waals surface area contributed by atoms with Gasteiger partial charge in [0.1, 0.15) is 0 Å². The Hall–Kier alpha value is -3.39. The number of anilines is 1. The van der Waals surface area contributed by atoms with Crippen LogP contribution in [0.3, 0.4) is 0 Å². The number of hydrogen-bond acceptors (Lipinski definition) is 6. The molecule has 1 N–H and O–H groups in total. The van der Waals surface area contributed by atoms with Crippen molar-refractivity contribution in [2.75, 3.05) is 18.4 Å². The SMILES string of the molecule is O=C(CCn1cnc2ccccc2c1=O)Nc1ccc(C2=CSC3=NCCN23)cc1. The van der Waals surface area contributed by atoms with Crippen LogP contribution in [0.5, 0.6) is 0 Å². The number of carbonyl (C=O) groups is 1. The number of thioether (sulfide) groups is 1. The molecule has 0 unspecified atom stereocenters. The van der Waals surface area contributed by atoms with Crippen molar-refractivity contribution in [3.05, 3.63) is 76.2 Å². The number of nitrogens with zero attached hydrogens (tertiary/aromatic N) is 4. The number of nitrogens with one attached hydrogen (secondary N) is 1. The van der Waals surface area contributed by atoms with Crippen molar-refractivity contribution in [2.24, 2.45) is 4.99 Å². The van der Waals surface area contributed by atoms with Crippen molar-refractivity contribution in [1.82, 2.24) is 14.5 Å². The second-order valence-corrected chi connectivity index (χ2v) is 7.91. The Morgan fingerprint density at radius 1 is 1.13 bits per heavy atom. The molecule has 1 amide bonds. The summed E-state index contributed by atoms with van der Waals surface area (Å²) in [6, 6.07) is 15.0. The van der Waals surface area contributed by atoms with Gasteiger partial charge in [0.2, 0.25) is 5.91 Å². The lowest BCUT2D eigenvalue weighted by atomic mass is 10.1. The normalized spacial score (nSPS) is 15.1. The third-order valence-corrected chi connectivity index (χ3v) is 6.05. The van der Waals surface area contributed by atoms with Crippen LogP contribution < -0.4 is 10.9 Å².